The highest BCUT2D eigenvalue weighted by atomic mass is 16.2. The molecule has 0 radical (unpaired) electrons. The number of hydrogen-bond acceptors (Lipinski definition) is 4. The van der Waals surface area contributed by atoms with Crippen molar-refractivity contribution < 1.29 is 9.59 Å². The Hall–Kier alpha value is -2.89. The fraction of sp³-hybridized carbons (Fsp3) is 0.188. The first-order valence-corrected chi connectivity index (χ1v) is 6.74. The van der Waals surface area contributed by atoms with Gasteiger partial charge in [-0.1, -0.05) is 0 Å². The Labute approximate surface area is 129 Å². The Morgan fingerprint density at radius 3 is 2.45 bits per heavy atom. The van der Waals surface area contributed by atoms with Crippen LogP contribution < -0.4 is 5.32 Å². The number of carbonyl (C=O) groups is 2. The zero-order valence-electron chi connectivity index (χ0n) is 12.8. The highest BCUT2D eigenvalue weighted by Crippen LogP contribution is 2.12. The fourth-order valence-corrected chi connectivity index (χ4v) is 1.80. The molecule has 0 aliphatic rings. The van der Waals surface area contributed by atoms with E-state index in [9.17, 15) is 9.59 Å². The van der Waals surface area contributed by atoms with Crippen LogP contribution in [-0.2, 0) is 7.05 Å². The van der Waals surface area contributed by atoms with Gasteiger partial charge in [0.25, 0.3) is 5.91 Å². The monoisotopic (exact) mass is 298 g/mol. The molecule has 0 spiro atoms. The average Bonchev–Trinajstić information content (AvgIpc) is 2.91. The first-order valence-electron chi connectivity index (χ1n) is 6.74. The number of ketones is 1. The minimum atomic E-state index is -0.244. The Kier molecular flexibility index (Phi) is 4.73. The van der Waals surface area contributed by atoms with Gasteiger partial charge in [0, 0.05) is 44.7 Å². The van der Waals surface area contributed by atoms with Gasteiger partial charge in [-0.2, -0.15) is 0 Å². The van der Waals surface area contributed by atoms with Crippen LogP contribution in [0.3, 0.4) is 0 Å². The van der Waals surface area contributed by atoms with Crippen molar-refractivity contribution in [1.29, 1.82) is 0 Å². The van der Waals surface area contributed by atoms with Crippen molar-refractivity contribution in [3.05, 3.63) is 60.3 Å². The van der Waals surface area contributed by atoms with Crippen LogP contribution >= 0.6 is 0 Å². The molecule has 0 fully saturated rings. The van der Waals surface area contributed by atoms with E-state index in [0.717, 1.165) is 0 Å². The maximum Gasteiger partial charge on any atom is 0.273 e. The summed E-state index contributed by atoms with van der Waals surface area (Å²) in [5, 5.41) is 2.76. The summed E-state index contributed by atoms with van der Waals surface area (Å²) in [6, 6.07) is 6.76. The van der Waals surface area contributed by atoms with Gasteiger partial charge in [-0.05, 0) is 24.3 Å². The average molecular weight is 298 g/mol. The largest absolute Gasteiger partial charge is 0.383 e. The Morgan fingerprint density at radius 2 is 1.91 bits per heavy atom. The van der Waals surface area contributed by atoms with Gasteiger partial charge in [0.05, 0.1) is 12.5 Å². The number of nitrogens with zero attached hydrogens (tertiary/aromatic N) is 3. The van der Waals surface area contributed by atoms with Gasteiger partial charge in [-0.15, -0.1) is 0 Å². The summed E-state index contributed by atoms with van der Waals surface area (Å²) in [5.41, 5.74) is 1.66. The van der Waals surface area contributed by atoms with E-state index in [-0.39, 0.29) is 11.7 Å². The van der Waals surface area contributed by atoms with Gasteiger partial charge in [0.2, 0.25) is 0 Å². The van der Waals surface area contributed by atoms with Crippen LogP contribution in [0.1, 0.15) is 20.8 Å². The SMILES string of the molecule is CN(C)/C=C/C(=O)c1ccc(NC(=O)c2cncn2C)cc1. The molecule has 22 heavy (non-hydrogen) atoms. The highest BCUT2D eigenvalue weighted by molar-refractivity contribution is 6.05. The molecule has 0 unspecified atom stereocenters. The lowest BCUT2D eigenvalue weighted by Gasteiger charge is -2.06. The van der Waals surface area contributed by atoms with Crippen molar-refractivity contribution in [3.63, 3.8) is 0 Å². The molecule has 1 aromatic heterocycles. The van der Waals surface area contributed by atoms with E-state index < -0.39 is 0 Å². The molecule has 6 heteroatoms. The predicted molar refractivity (Wildman–Crippen MR) is 84.8 cm³/mol. The van der Waals surface area contributed by atoms with Crippen LogP contribution in [0.5, 0.6) is 0 Å². The molecule has 1 N–H and O–H groups in total. The zero-order chi connectivity index (χ0) is 16.1. The highest BCUT2D eigenvalue weighted by Gasteiger charge is 2.10. The number of allylic oxidation sites excluding steroid dienone is 1. The maximum absolute atomic E-state index is 12.0. The first kappa shape index (κ1) is 15.5. The summed E-state index contributed by atoms with van der Waals surface area (Å²) < 4.78 is 1.64. The van der Waals surface area contributed by atoms with Gasteiger partial charge < -0.3 is 14.8 Å². The summed E-state index contributed by atoms with van der Waals surface area (Å²) in [6.45, 7) is 0. The van der Waals surface area contributed by atoms with E-state index in [1.54, 1.807) is 53.3 Å². The third kappa shape index (κ3) is 3.82. The molecule has 114 valence electrons. The summed E-state index contributed by atoms with van der Waals surface area (Å²) in [7, 11) is 5.45. The van der Waals surface area contributed by atoms with Gasteiger partial charge in [-0.25, -0.2) is 4.98 Å². The van der Waals surface area contributed by atoms with Crippen LogP contribution in [-0.4, -0.2) is 40.2 Å². The Bertz CT molecular complexity index is 699. The van der Waals surface area contributed by atoms with Crippen LogP contribution in [0.2, 0.25) is 0 Å². The van der Waals surface area contributed by atoms with Crippen LogP contribution in [0.15, 0.2) is 49.1 Å². The molecule has 0 aliphatic heterocycles. The lowest BCUT2D eigenvalue weighted by Crippen LogP contribution is -2.15. The third-order valence-electron chi connectivity index (χ3n) is 3.00. The number of hydrogen-bond donors (Lipinski definition) is 1. The van der Waals surface area contributed by atoms with Crippen molar-refractivity contribution in [2.45, 2.75) is 0 Å². The van der Waals surface area contributed by atoms with Gasteiger partial charge in [0.1, 0.15) is 5.69 Å². The van der Waals surface area contributed by atoms with Crippen molar-refractivity contribution >= 4 is 17.4 Å². The number of anilines is 1. The van der Waals surface area contributed by atoms with Gasteiger partial charge in [-0.3, -0.25) is 9.59 Å². The van der Waals surface area contributed by atoms with E-state index in [1.807, 2.05) is 14.1 Å². The summed E-state index contributed by atoms with van der Waals surface area (Å²) >= 11 is 0. The van der Waals surface area contributed by atoms with Crippen molar-refractivity contribution in [2.24, 2.45) is 7.05 Å². The van der Waals surface area contributed by atoms with Gasteiger partial charge in [0.15, 0.2) is 5.78 Å². The quantitative estimate of drug-likeness (QED) is 0.676. The molecular weight excluding hydrogens is 280 g/mol. The molecular formula is C16H18N4O2. The molecule has 1 amide bonds. The maximum atomic E-state index is 12.0. The number of rotatable bonds is 5. The second-order valence-electron chi connectivity index (χ2n) is 5.06. The van der Waals surface area contributed by atoms with Crippen molar-refractivity contribution in [3.8, 4) is 0 Å². The summed E-state index contributed by atoms with van der Waals surface area (Å²) in [6.07, 6.45) is 6.26. The molecule has 1 heterocycles. The molecule has 2 rings (SSSR count). The third-order valence-corrected chi connectivity index (χ3v) is 3.00. The second-order valence-corrected chi connectivity index (χ2v) is 5.06. The topological polar surface area (TPSA) is 67.2 Å². The molecule has 0 saturated heterocycles. The first-order chi connectivity index (χ1) is 10.5. The predicted octanol–water partition coefficient (Wildman–Crippen LogP) is 1.93. The molecule has 0 bridgehead atoms. The van der Waals surface area contributed by atoms with E-state index >= 15 is 0 Å². The molecule has 0 atom stereocenters. The van der Waals surface area contributed by atoms with E-state index in [4.69, 9.17) is 0 Å². The Balaban J connectivity index is 2.05. The lowest BCUT2D eigenvalue weighted by atomic mass is 10.1. The summed E-state index contributed by atoms with van der Waals surface area (Å²) in [5.74, 6) is -0.329. The number of aryl methyl sites for hydroxylation is 1. The van der Waals surface area contributed by atoms with E-state index in [0.29, 0.717) is 16.9 Å². The summed E-state index contributed by atoms with van der Waals surface area (Å²) in [4.78, 5) is 29.6. The second kappa shape index (κ2) is 6.71. The molecule has 0 saturated carbocycles. The molecule has 1 aromatic carbocycles. The number of amides is 1. The fourth-order valence-electron chi connectivity index (χ4n) is 1.80. The lowest BCUT2D eigenvalue weighted by molar-refractivity contribution is 0.101. The number of carbonyl (C=O) groups excluding carboxylic acids is 2. The molecule has 6 nitrogen and oxygen atoms in total. The number of imidazole rings is 1. The van der Waals surface area contributed by atoms with E-state index in [2.05, 4.69) is 10.3 Å². The van der Waals surface area contributed by atoms with Crippen LogP contribution in [0.25, 0.3) is 0 Å². The molecule has 2 aromatic rings. The molecule has 0 aliphatic carbocycles. The smallest absolute Gasteiger partial charge is 0.273 e. The van der Waals surface area contributed by atoms with Crippen LogP contribution in [0.4, 0.5) is 5.69 Å². The zero-order valence-corrected chi connectivity index (χ0v) is 12.8. The minimum Gasteiger partial charge on any atom is -0.383 e. The normalized spacial score (nSPS) is 10.7. The van der Waals surface area contributed by atoms with E-state index in [1.165, 1.54) is 12.3 Å². The minimum absolute atomic E-state index is 0.0850. The Morgan fingerprint density at radius 1 is 1.23 bits per heavy atom. The number of benzene rings is 1. The van der Waals surface area contributed by atoms with Crippen LogP contribution in [0, 0.1) is 0 Å². The number of aromatic nitrogens is 2. The van der Waals surface area contributed by atoms with Gasteiger partial charge >= 0.3 is 0 Å². The number of nitrogens with one attached hydrogen (secondary N) is 1. The van der Waals surface area contributed by atoms with Crippen molar-refractivity contribution in [1.82, 2.24) is 14.5 Å². The van der Waals surface area contributed by atoms with Crippen molar-refractivity contribution in [2.75, 3.05) is 19.4 Å². The standard InChI is InChI=1S/C16H18N4O2/c1-19(2)9-8-15(21)12-4-6-13(7-5-12)18-16(22)14-10-17-11-20(14)3/h4-11H,1-3H3,(H,18,22)/b9-8+.